The van der Waals surface area contributed by atoms with Crippen LogP contribution >= 0.6 is 12.2 Å². The van der Waals surface area contributed by atoms with Gasteiger partial charge in [-0.15, -0.1) is 0 Å². The van der Waals surface area contributed by atoms with E-state index >= 15 is 0 Å². The van der Waals surface area contributed by atoms with E-state index in [0.29, 0.717) is 11.5 Å². The molecule has 0 saturated carbocycles. The van der Waals surface area contributed by atoms with Gasteiger partial charge >= 0.3 is 0 Å². The Bertz CT molecular complexity index is 363. The summed E-state index contributed by atoms with van der Waals surface area (Å²) >= 11 is 5.28. The smallest absolute Gasteiger partial charge is 0.169 e. The van der Waals surface area contributed by atoms with Crippen molar-refractivity contribution >= 4 is 27.2 Å². The number of hydrogen-bond acceptors (Lipinski definition) is 3. The molecule has 0 unspecified atom stereocenters. The number of rotatable bonds is 3. The van der Waals surface area contributed by atoms with Crippen molar-refractivity contribution in [3.05, 3.63) is 0 Å². The second-order valence-electron chi connectivity index (χ2n) is 4.51. The van der Waals surface area contributed by atoms with Gasteiger partial charge in [-0.05, 0) is 39.4 Å². The van der Waals surface area contributed by atoms with Gasteiger partial charge in [0, 0.05) is 13.1 Å². The first-order valence-corrected chi connectivity index (χ1v) is 7.82. The molecule has 0 aromatic rings. The van der Waals surface area contributed by atoms with E-state index in [4.69, 9.17) is 12.2 Å². The third-order valence-electron chi connectivity index (χ3n) is 2.96. The lowest BCUT2D eigenvalue weighted by atomic mass is 10.0. The Balaban J connectivity index is 2.64. The average molecular weight is 264 g/mol. The molecule has 1 fully saturated rings. The summed E-state index contributed by atoms with van der Waals surface area (Å²) < 4.78 is 22.9. The molecular formula is C10H20N2O2S2. The zero-order valence-electron chi connectivity index (χ0n) is 10.1. The number of hydrogen-bond donors (Lipinski definition) is 1. The van der Waals surface area contributed by atoms with Crippen molar-refractivity contribution in [3.8, 4) is 0 Å². The first-order valence-electron chi connectivity index (χ1n) is 5.59. The molecule has 0 aromatic carbocycles. The second-order valence-corrected chi connectivity index (χ2v) is 7.08. The summed E-state index contributed by atoms with van der Waals surface area (Å²) in [7, 11) is -2.88. The minimum absolute atomic E-state index is 0.182. The lowest BCUT2D eigenvalue weighted by Crippen LogP contribution is -2.52. The van der Waals surface area contributed by atoms with Crippen LogP contribution in [0.1, 0.15) is 27.2 Å². The molecule has 0 aromatic heterocycles. The highest BCUT2D eigenvalue weighted by Gasteiger charge is 2.39. The van der Waals surface area contributed by atoms with Gasteiger partial charge in [-0.25, -0.2) is 8.42 Å². The molecule has 1 N–H and O–H groups in total. The largest absolute Gasteiger partial charge is 0.356 e. The molecular weight excluding hydrogens is 244 g/mol. The van der Waals surface area contributed by atoms with Crippen LogP contribution < -0.4 is 5.32 Å². The van der Waals surface area contributed by atoms with Gasteiger partial charge in [-0.1, -0.05) is 0 Å². The van der Waals surface area contributed by atoms with E-state index in [0.717, 1.165) is 13.1 Å². The van der Waals surface area contributed by atoms with Gasteiger partial charge in [0.05, 0.1) is 17.0 Å². The van der Waals surface area contributed by atoms with E-state index in [9.17, 15) is 8.42 Å². The minimum atomic E-state index is -2.88. The lowest BCUT2D eigenvalue weighted by molar-refractivity contribution is 0.405. The van der Waals surface area contributed by atoms with Crippen molar-refractivity contribution in [1.82, 2.24) is 10.2 Å². The molecule has 1 saturated heterocycles. The van der Waals surface area contributed by atoms with E-state index in [-0.39, 0.29) is 11.5 Å². The van der Waals surface area contributed by atoms with E-state index < -0.39 is 15.4 Å². The molecule has 0 spiro atoms. The van der Waals surface area contributed by atoms with Crippen LogP contribution in [0.2, 0.25) is 0 Å². The van der Waals surface area contributed by atoms with Crippen LogP contribution in [-0.4, -0.2) is 48.6 Å². The number of thiocarbonyl (C=S) groups is 1. The van der Waals surface area contributed by atoms with Crippen molar-refractivity contribution in [2.75, 3.05) is 24.6 Å². The number of nitrogens with zero attached hydrogens (tertiary/aromatic N) is 1. The quantitative estimate of drug-likeness (QED) is 0.763. The maximum absolute atomic E-state index is 11.4. The predicted octanol–water partition coefficient (Wildman–Crippen LogP) is 0.780. The monoisotopic (exact) mass is 264 g/mol. The highest BCUT2D eigenvalue weighted by molar-refractivity contribution is 7.91. The highest BCUT2D eigenvalue weighted by atomic mass is 32.2. The summed E-state index contributed by atoms with van der Waals surface area (Å²) in [6.07, 6.45) is 0.636. The minimum Gasteiger partial charge on any atom is -0.356 e. The zero-order valence-corrected chi connectivity index (χ0v) is 11.7. The van der Waals surface area contributed by atoms with E-state index in [1.807, 2.05) is 25.7 Å². The van der Waals surface area contributed by atoms with Gasteiger partial charge < -0.3 is 10.2 Å². The maximum atomic E-state index is 11.4. The van der Waals surface area contributed by atoms with Gasteiger partial charge in [0.2, 0.25) is 0 Å². The predicted molar refractivity (Wildman–Crippen MR) is 70.3 cm³/mol. The third kappa shape index (κ3) is 3.31. The van der Waals surface area contributed by atoms with Gasteiger partial charge in [0.1, 0.15) is 0 Å². The summed E-state index contributed by atoms with van der Waals surface area (Å²) in [6, 6.07) is 0. The van der Waals surface area contributed by atoms with E-state index in [2.05, 4.69) is 5.32 Å². The van der Waals surface area contributed by atoms with Crippen molar-refractivity contribution in [1.29, 1.82) is 0 Å². The van der Waals surface area contributed by atoms with Gasteiger partial charge in [-0.2, -0.15) is 0 Å². The summed E-state index contributed by atoms with van der Waals surface area (Å²) in [5.74, 6) is 0.443. The Kier molecular flexibility index (Phi) is 4.17. The summed E-state index contributed by atoms with van der Waals surface area (Å²) in [4.78, 5) is 2.02. The molecule has 1 heterocycles. The SMILES string of the molecule is CCN(CC)C(=S)N[C@]1(C)CCS(=O)(=O)C1. The van der Waals surface area contributed by atoms with Crippen LogP contribution in [-0.2, 0) is 9.84 Å². The Hall–Kier alpha value is -0.360. The van der Waals surface area contributed by atoms with Crippen LogP contribution in [0.5, 0.6) is 0 Å². The van der Waals surface area contributed by atoms with Crippen LogP contribution in [0.3, 0.4) is 0 Å². The fraction of sp³-hybridized carbons (Fsp3) is 0.900. The third-order valence-corrected chi connectivity index (χ3v) is 5.23. The lowest BCUT2D eigenvalue weighted by Gasteiger charge is -2.31. The van der Waals surface area contributed by atoms with Crippen molar-refractivity contribution in [3.63, 3.8) is 0 Å². The van der Waals surface area contributed by atoms with Crippen molar-refractivity contribution in [2.45, 2.75) is 32.7 Å². The zero-order chi connectivity index (χ0) is 12.4. The summed E-state index contributed by atoms with van der Waals surface area (Å²) in [5.41, 5.74) is -0.390. The summed E-state index contributed by atoms with van der Waals surface area (Å²) in [6.45, 7) is 7.67. The van der Waals surface area contributed by atoms with Gasteiger partial charge in [0.25, 0.3) is 0 Å². The molecule has 4 nitrogen and oxygen atoms in total. The average Bonchev–Trinajstić information content (AvgIpc) is 2.42. The molecule has 1 aliphatic rings. The van der Waals surface area contributed by atoms with Gasteiger partial charge in [0.15, 0.2) is 14.9 Å². The fourth-order valence-corrected chi connectivity index (χ4v) is 4.55. The van der Waals surface area contributed by atoms with Crippen molar-refractivity contribution < 1.29 is 8.42 Å². The second kappa shape index (κ2) is 4.87. The van der Waals surface area contributed by atoms with Crippen LogP contribution in [0.4, 0.5) is 0 Å². The first kappa shape index (κ1) is 13.7. The number of sulfone groups is 1. The number of nitrogens with one attached hydrogen (secondary N) is 1. The normalized spacial score (nSPS) is 27.7. The van der Waals surface area contributed by atoms with Crippen LogP contribution in [0.15, 0.2) is 0 Å². The maximum Gasteiger partial charge on any atom is 0.169 e. The fourth-order valence-electron chi connectivity index (χ4n) is 1.96. The standard InChI is InChI=1S/C10H20N2O2S2/c1-4-12(5-2)9(15)11-10(3)6-7-16(13,14)8-10/h4-8H2,1-3H3,(H,11,15)/t10-/m1/s1. The van der Waals surface area contributed by atoms with E-state index in [1.165, 1.54) is 0 Å². The Morgan fingerprint density at radius 3 is 2.38 bits per heavy atom. The van der Waals surface area contributed by atoms with Gasteiger partial charge in [-0.3, -0.25) is 0 Å². The summed E-state index contributed by atoms with van der Waals surface area (Å²) in [5, 5.41) is 3.85. The molecule has 6 heteroatoms. The Labute approximate surface area is 103 Å². The molecule has 1 atom stereocenters. The molecule has 16 heavy (non-hydrogen) atoms. The molecule has 1 rings (SSSR count). The molecule has 0 aliphatic carbocycles. The molecule has 0 amide bonds. The van der Waals surface area contributed by atoms with Crippen LogP contribution in [0.25, 0.3) is 0 Å². The topological polar surface area (TPSA) is 49.4 Å². The molecule has 0 radical (unpaired) electrons. The Morgan fingerprint density at radius 2 is 2.00 bits per heavy atom. The van der Waals surface area contributed by atoms with Crippen LogP contribution in [0, 0.1) is 0 Å². The molecule has 0 bridgehead atoms. The van der Waals surface area contributed by atoms with E-state index in [1.54, 1.807) is 0 Å². The highest BCUT2D eigenvalue weighted by Crippen LogP contribution is 2.23. The Morgan fingerprint density at radius 1 is 1.44 bits per heavy atom. The molecule has 94 valence electrons. The van der Waals surface area contributed by atoms with Crippen molar-refractivity contribution in [2.24, 2.45) is 0 Å². The first-order chi connectivity index (χ1) is 7.32. The molecule has 1 aliphatic heterocycles.